The number of anilines is 2. The molecular weight excluding hydrogens is 462 g/mol. The molecule has 1 saturated heterocycles. The van der Waals surface area contributed by atoms with Crippen LogP contribution in [0, 0.1) is 13.8 Å². The smallest absolute Gasteiger partial charge is 0.341 e. The molecule has 12 heteroatoms. The van der Waals surface area contributed by atoms with E-state index < -0.39 is 28.0 Å². The molecule has 1 atom stereocenters. The first-order valence-corrected chi connectivity index (χ1v) is 12.3. The number of ether oxygens (including phenoxy) is 2. The number of amides is 1. The quantitative estimate of drug-likeness (QED) is 0.573. The van der Waals surface area contributed by atoms with Gasteiger partial charge in [-0.2, -0.15) is 5.10 Å². The number of morpholine rings is 1. The first-order valence-electron chi connectivity index (χ1n) is 10.8. The van der Waals surface area contributed by atoms with Gasteiger partial charge in [0.1, 0.15) is 0 Å². The summed E-state index contributed by atoms with van der Waals surface area (Å²) < 4.78 is 38.9. The maximum atomic E-state index is 13.2. The van der Waals surface area contributed by atoms with Crippen molar-refractivity contribution in [2.24, 2.45) is 7.05 Å². The predicted octanol–water partition coefficient (Wildman–Crippen LogP) is 1.31. The van der Waals surface area contributed by atoms with Gasteiger partial charge in [0.15, 0.2) is 6.10 Å². The van der Waals surface area contributed by atoms with E-state index in [1.807, 2.05) is 11.8 Å². The first-order chi connectivity index (χ1) is 15.9. The lowest BCUT2D eigenvalue weighted by atomic mass is 10.1. The maximum absolute atomic E-state index is 13.2. The lowest BCUT2D eigenvalue weighted by Crippen LogP contribution is -2.37. The van der Waals surface area contributed by atoms with E-state index in [-0.39, 0.29) is 10.5 Å². The number of benzene rings is 1. The van der Waals surface area contributed by atoms with Gasteiger partial charge in [0, 0.05) is 34.2 Å². The molecule has 2 aromatic rings. The summed E-state index contributed by atoms with van der Waals surface area (Å²) in [7, 11) is 0.817. The zero-order valence-corrected chi connectivity index (χ0v) is 21.1. The van der Waals surface area contributed by atoms with Crippen molar-refractivity contribution < 1.29 is 27.5 Å². The number of carbonyl (C=O) groups is 2. The molecule has 0 bridgehead atoms. The van der Waals surface area contributed by atoms with Gasteiger partial charge in [-0.15, -0.1) is 0 Å². The van der Waals surface area contributed by atoms with Crippen LogP contribution in [-0.4, -0.2) is 80.9 Å². The Morgan fingerprint density at radius 3 is 2.41 bits per heavy atom. The van der Waals surface area contributed by atoms with Crippen molar-refractivity contribution in [3.05, 3.63) is 35.2 Å². The monoisotopic (exact) mass is 493 g/mol. The Balaban J connectivity index is 1.88. The number of nitrogens with zero attached hydrogens (tertiary/aromatic N) is 4. The van der Waals surface area contributed by atoms with E-state index in [1.165, 1.54) is 33.2 Å². The van der Waals surface area contributed by atoms with E-state index in [9.17, 15) is 18.0 Å². The minimum atomic E-state index is -3.78. The van der Waals surface area contributed by atoms with Crippen LogP contribution in [0.5, 0.6) is 0 Å². The van der Waals surface area contributed by atoms with E-state index in [1.54, 1.807) is 24.7 Å². The number of esters is 1. The second kappa shape index (κ2) is 10.1. The van der Waals surface area contributed by atoms with Crippen molar-refractivity contribution in [1.82, 2.24) is 14.1 Å². The van der Waals surface area contributed by atoms with Gasteiger partial charge in [-0.3, -0.25) is 9.48 Å². The van der Waals surface area contributed by atoms with Crippen LogP contribution in [0.4, 0.5) is 11.4 Å². The van der Waals surface area contributed by atoms with Gasteiger partial charge in [0.25, 0.3) is 5.91 Å². The van der Waals surface area contributed by atoms with Gasteiger partial charge < -0.3 is 19.7 Å². The second-order valence-electron chi connectivity index (χ2n) is 8.27. The van der Waals surface area contributed by atoms with Crippen LogP contribution < -0.4 is 10.2 Å². The highest BCUT2D eigenvalue weighted by Gasteiger charge is 2.28. The minimum Gasteiger partial charge on any atom is -0.449 e. The largest absolute Gasteiger partial charge is 0.449 e. The Morgan fingerprint density at radius 1 is 1.21 bits per heavy atom. The summed E-state index contributed by atoms with van der Waals surface area (Å²) in [6, 6.07) is 4.34. The Morgan fingerprint density at radius 2 is 1.85 bits per heavy atom. The molecule has 0 aliphatic carbocycles. The van der Waals surface area contributed by atoms with Crippen molar-refractivity contribution in [2.45, 2.75) is 31.8 Å². The third-order valence-electron chi connectivity index (χ3n) is 5.73. The molecule has 1 aliphatic heterocycles. The van der Waals surface area contributed by atoms with Crippen LogP contribution in [0.25, 0.3) is 0 Å². The molecule has 1 fully saturated rings. The van der Waals surface area contributed by atoms with Gasteiger partial charge in [-0.1, -0.05) is 0 Å². The summed E-state index contributed by atoms with van der Waals surface area (Å²) in [4.78, 5) is 27.8. The fourth-order valence-electron chi connectivity index (χ4n) is 3.59. The fraction of sp³-hybridized carbons (Fsp3) is 0.500. The van der Waals surface area contributed by atoms with Crippen molar-refractivity contribution in [3.63, 3.8) is 0 Å². The van der Waals surface area contributed by atoms with Crippen molar-refractivity contribution >= 4 is 33.3 Å². The molecule has 1 aromatic carbocycles. The molecule has 34 heavy (non-hydrogen) atoms. The summed E-state index contributed by atoms with van der Waals surface area (Å²) in [6.07, 6.45) is -1.13. The summed E-state index contributed by atoms with van der Waals surface area (Å²) in [6.45, 7) is 7.08. The number of sulfonamides is 1. The highest BCUT2D eigenvalue weighted by Crippen LogP contribution is 2.27. The van der Waals surface area contributed by atoms with Crippen LogP contribution in [-0.2, 0) is 31.3 Å². The number of aromatic nitrogens is 2. The van der Waals surface area contributed by atoms with Crippen LogP contribution in [0.2, 0.25) is 0 Å². The normalized spacial score (nSPS) is 15.3. The summed E-state index contributed by atoms with van der Waals surface area (Å²) in [5.41, 5.74) is 2.56. The van der Waals surface area contributed by atoms with Gasteiger partial charge in [-0.05, 0) is 39.0 Å². The number of nitrogens with one attached hydrogen (secondary N) is 1. The molecule has 3 rings (SSSR count). The molecule has 2 heterocycles. The predicted molar refractivity (Wildman–Crippen MR) is 127 cm³/mol. The molecule has 1 amide bonds. The van der Waals surface area contributed by atoms with E-state index >= 15 is 0 Å². The van der Waals surface area contributed by atoms with Crippen LogP contribution >= 0.6 is 0 Å². The van der Waals surface area contributed by atoms with E-state index in [0.717, 1.165) is 10.00 Å². The molecule has 1 aromatic heterocycles. The molecule has 1 N–H and O–H groups in total. The molecule has 1 unspecified atom stereocenters. The van der Waals surface area contributed by atoms with Gasteiger partial charge >= 0.3 is 5.97 Å². The highest BCUT2D eigenvalue weighted by molar-refractivity contribution is 7.89. The van der Waals surface area contributed by atoms with E-state index in [0.29, 0.717) is 43.4 Å². The number of hydrogen-bond acceptors (Lipinski definition) is 8. The third-order valence-corrected chi connectivity index (χ3v) is 7.54. The van der Waals surface area contributed by atoms with E-state index in [2.05, 4.69) is 10.4 Å². The lowest BCUT2D eigenvalue weighted by Gasteiger charge is -2.30. The summed E-state index contributed by atoms with van der Waals surface area (Å²) in [5.74, 6) is -1.31. The van der Waals surface area contributed by atoms with Crippen molar-refractivity contribution in [2.75, 3.05) is 50.6 Å². The minimum absolute atomic E-state index is 0.0415. The van der Waals surface area contributed by atoms with Gasteiger partial charge in [-0.25, -0.2) is 17.5 Å². The van der Waals surface area contributed by atoms with Crippen molar-refractivity contribution in [3.8, 4) is 0 Å². The van der Waals surface area contributed by atoms with Gasteiger partial charge in [0.2, 0.25) is 10.0 Å². The zero-order chi connectivity index (χ0) is 25.2. The Kier molecular flexibility index (Phi) is 7.64. The van der Waals surface area contributed by atoms with Crippen LogP contribution in [0.1, 0.15) is 28.7 Å². The van der Waals surface area contributed by atoms with Gasteiger partial charge in [0.05, 0.1) is 46.4 Å². The lowest BCUT2D eigenvalue weighted by molar-refractivity contribution is -0.123. The van der Waals surface area contributed by atoms with E-state index in [4.69, 9.17) is 9.47 Å². The van der Waals surface area contributed by atoms with Crippen molar-refractivity contribution in [1.29, 1.82) is 0 Å². The average Bonchev–Trinajstić information content (AvgIpc) is 3.04. The zero-order valence-electron chi connectivity index (χ0n) is 20.3. The first kappa shape index (κ1) is 25.7. The standard InChI is InChI=1S/C22H31N5O6S/c1-14-20(15(2)26(6)24-14)23-21(28)16(3)33-22(29)18-13-17(34(30,31)25(4)5)7-8-19(18)27-9-11-32-12-10-27/h7-8,13,16H,9-12H2,1-6H3,(H,23,28). The third kappa shape index (κ3) is 5.24. The SMILES string of the molecule is Cc1nn(C)c(C)c1NC(=O)C(C)OC(=O)c1cc(S(=O)(=O)N(C)C)ccc1N1CCOCC1. The molecule has 0 saturated carbocycles. The topological polar surface area (TPSA) is 123 Å². The van der Waals surface area contributed by atoms with Crippen LogP contribution in [0.15, 0.2) is 23.1 Å². The van der Waals surface area contributed by atoms with Crippen LogP contribution in [0.3, 0.4) is 0 Å². The molecule has 186 valence electrons. The molecule has 1 aliphatic rings. The molecule has 11 nitrogen and oxygen atoms in total. The molecular formula is C22H31N5O6S. The molecule has 0 spiro atoms. The maximum Gasteiger partial charge on any atom is 0.341 e. The number of aryl methyl sites for hydroxylation is 2. The average molecular weight is 494 g/mol. The second-order valence-corrected chi connectivity index (χ2v) is 10.4. The number of hydrogen-bond donors (Lipinski definition) is 1. The Hall–Kier alpha value is -2.96. The molecule has 0 radical (unpaired) electrons. The summed E-state index contributed by atoms with van der Waals surface area (Å²) in [5, 5.41) is 7.01. The highest BCUT2D eigenvalue weighted by atomic mass is 32.2. The number of rotatable bonds is 7. The Labute approximate surface area is 199 Å². The fourth-order valence-corrected chi connectivity index (χ4v) is 4.52. The summed E-state index contributed by atoms with van der Waals surface area (Å²) >= 11 is 0. The Bertz CT molecular complexity index is 1180. The number of carbonyl (C=O) groups excluding carboxylic acids is 2.